The first-order chi connectivity index (χ1) is 10.7. The van der Waals surface area contributed by atoms with Crippen molar-refractivity contribution in [3.8, 4) is 0 Å². The summed E-state index contributed by atoms with van der Waals surface area (Å²) in [5.74, 6) is 0. The Balaban J connectivity index is -0.000000319. The molecule has 2 rings (SSSR count). The van der Waals surface area contributed by atoms with Gasteiger partial charge in [-0.2, -0.15) is 11.1 Å². The normalized spacial score (nSPS) is 15.5. The summed E-state index contributed by atoms with van der Waals surface area (Å²) in [6.07, 6.45) is 13.6. The van der Waals surface area contributed by atoms with Crippen LogP contribution in [0.1, 0.15) is 26.7 Å². The molecule has 0 saturated carbocycles. The first kappa shape index (κ1) is 31.7. The number of rotatable bonds is 2. The number of allylic oxidation sites excluding steroid dienone is 8. The van der Waals surface area contributed by atoms with Gasteiger partial charge in [0.1, 0.15) is 0 Å². The van der Waals surface area contributed by atoms with Crippen LogP contribution in [0, 0.1) is 12.2 Å². The predicted octanol–water partition coefficient (Wildman–Crippen LogP) is 0.679. The van der Waals surface area contributed by atoms with Gasteiger partial charge in [0.05, 0.1) is 0 Å². The molecule has 0 aromatic carbocycles. The van der Waals surface area contributed by atoms with Crippen molar-refractivity contribution in [2.24, 2.45) is 0 Å². The molecule has 0 N–H and O–H groups in total. The van der Waals surface area contributed by atoms with E-state index in [-0.39, 0.29) is 30.3 Å². The average Bonchev–Trinajstić information content (AvgIpc) is 2.96. The molecule has 0 saturated heterocycles. The largest absolute Gasteiger partial charge is 1.00 e. The van der Waals surface area contributed by atoms with Gasteiger partial charge in [0.25, 0.3) is 0 Å². The van der Waals surface area contributed by atoms with Gasteiger partial charge < -0.3 is 24.8 Å². The molecular formula is C20H36Cl2HfSi3-2. The van der Waals surface area contributed by atoms with Crippen LogP contribution in [0.15, 0.2) is 33.7 Å². The molecule has 148 valence electrons. The van der Waals surface area contributed by atoms with Gasteiger partial charge in [-0.1, -0.05) is 53.1 Å². The molecule has 0 unspecified atom stereocenters. The van der Waals surface area contributed by atoms with Crippen LogP contribution >= 0.6 is 0 Å². The smallest absolute Gasteiger partial charge is 1.00 e. The maximum absolute atomic E-state index is 3.43. The average molecular weight is 610 g/mol. The predicted molar refractivity (Wildman–Crippen MR) is 114 cm³/mol. The van der Waals surface area contributed by atoms with Crippen LogP contribution < -0.4 is 24.8 Å². The Morgan fingerprint density at radius 2 is 1.00 bits per heavy atom. The molecule has 2 aliphatic carbocycles. The Kier molecular flexibility index (Phi) is 17.2. The molecule has 6 heteroatoms. The van der Waals surface area contributed by atoms with Gasteiger partial charge in [-0.3, -0.25) is 12.2 Å². The number of hydrogen-bond acceptors (Lipinski definition) is 0. The first-order valence-corrected chi connectivity index (χ1v) is 23.7. The second-order valence-electron chi connectivity index (χ2n) is 9.02. The summed E-state index contributed by atoms with van der Waals surface area (Å²) in [6, 6.07) is 0. The van der Waals surface area contributed by atoms with Crippen molar-refractivity contribution in [2.75, 3.05) is 0 Å². The Morgan fingerprint density at radius 3 is 1.08 bits per heavy atom. The Morgan fingerprint density at radius 1 is 0.769 bits per heavy atom. The van der Waals surface area contributed by atoms with Crippen molar-refractivity contribution >= 4 is 21.6 Å². The van der Waals surface area contributed by atoms with E-state index in [0.29, 0.717) is 0 Å². The van der Waals surface area contributed by atoms with Crippen LogP contribution in [-0.4, -0.2) is 21.6 Å². The second-order valence-corrected chi connectivity index (χ2v) is 31.9. The van der Waals surface area contributed by atoms with Crippen LogP contribution in [0.25, 0.3) is 0 Å². The van der Waals surface area contributed by atoms with Crippen LogP contribution in [0.3, 0.4) is 0 Å². The molecule has 2 aliphatic rings. The van der Waals surface area contributed by atoms with E-state index in [4.69, 9.17) is 0 Å². The Hall–Kier alpha value is 1.06. The first-order valence-electron chi connectivity index (χ1n) is 8.82. The Bertz CT molecular complexity index is 525. The van der Waals surface area contributed by atoms with E-state index < -0.39 is 16.1 Å². The Labute approximate surface area is 193 Å². The summed E-state index contributed by atoms with van der Waals surface area (Å²) >= 11 is 1.45. The molecule has 0 fully saturated rings. The van der Waals surface area contributed by atoms with Crippen molar-refractivity contribution in [1.29, 1.82) is 0 Å². The molecule has 0 aromatic heterocycles. The molecule has 0 spiro atoms. The molecule has 0 bridgehead atoms. The minimum Gasteiger partial charge on any atom is -1.00 e. The fraction of sp³-hybridized carbons (Fsp3) is 0.600. The van der Waals surface area contributed by atoms with Crippen molar-refractivity contribution in [3.05, 3.63) is 45.8 Å². The van der Waals surface area contributed by atoms with Crippen LogP contribution in [0.5, 0.6) is 0 Å². The summed E-state index contributed by atoms with van der Waals surface area (Å²) in [5, 5.41) is 3.01. The third-order valence-electron chi connectivity index (χ3n) is 3.51. The number of halogens is 2. The maximum atomic E-state index is 3.43. The van der Waals surface area contributed by atoms with Gasteiger partial charge in [-0.25, -0.2) is 22.5 Å². The van der Waals surface area contributed by atoms with Crippen molar-refractivity contribution in [3.63, 3.8) is 0 Å². The fourth-order valence-electron chi connectivity index (χ4n) is 2.13. The molecule has 0 amide bonds. The van der Waals surface area contributed by atoms with Gasteiger partial charge in [-0.15, -0.1) is 12.8 Å². The SMILES string of the molecule is CC1=CC([Si](C)(C)C)=[C-]C1.CC1=CC([Si](C)(C)C)=[C-]C1.C[Si](C)=[Hf+2].[Cl-].[Cl-]. The van der Waals surface area contributed by atoms with E-state index in [1.54, 1.807) is 0 Å². The monoisotopic (exact) mass is 610 g/mol. The van der Waals surface area contributed by atoms with E-state index in [1.807, 2.05) is 0 Å². The van der Waals surface area contributed by atoms with Gasteiger partial charge in [-0.05, 0) is 0 Å². The maximum Gasteiger partial charge on any atom is -1.00 e. The van der Waals surface area contributed by atoms with Crippen molar-refractivity contribution in [1.82, 2.24) is 0 Å². The summed E-state index contributed by atoms with van der Waals surface area (Å²) < 4.78 is 0. The van der Waals surface area contributed by atoms with E-state index in [0.717, 1.165) is 12.8 Å². The zero-order chi connectivity index (χ0) is 19.1. The summed E-state index contributed by atoms with van der Waals surface area (Å²) in [6.45, 7) is 23.2. The zero-order valence-electron chi connectivity index (χ0n) is 18.3. The molecule has 0 atom stereocenters. The quantitative estimate of drug-likeness (QED) is 0.319. The third-order valence-corrected chi connectivity index (χ3v) is 7.39. The third kappa shape index (κ3) is 15.0. The van der Waals surface area contributed by atoms with Gasteiger partial charge in [0, 0.05) is 16.1 Å². The zero-order valence-corrected chi connectivity index (χ0v) is 26.4. The van der Waals surface area contributed by atoms with Crippen LogP contribution in [0.2, 0.25) is 52.4 Å². The van der Waals surface area contributed by atoms with Crippen LogP contribution in [0.4, 0.5) is 0 Å². The summed E-state index contributed by atoms with van der Waals surface area (Å²) in [5.41, 5.74) is 3.20. The van der Waals surface area contributed by atoms with Gasteiger partial charge >= 0.3 is 41.6 Å². The van der Waals surface area contributed by atoms with E-state index in [2.05, 4.69) is 90.5 Å². The van der Waals surface area contributed by atoms with Gasteiger partial charge in [0.15, 0.2) is 0 Å². The topological polar surface area (TPSA) is 0 Å². The van der Waals surface area contributed by atoms with Crippen LogP contribution in [-0.2, 0) is 23.0 Å². The molecule has 0 aromatic rings. The molecule has 0 heterocycles. The number of hydrogen-bond donors (Lipinski definition) is 0. The second kappa shape index (κ2) is 14.1. The molecule has 26 heavy (non-hydrogen) atoms. The molecular weight excluding hydrogens is 574 g/mol. The summed E-state index contributed by atoms with van der Waals surface area (Å²) in [7, 11) is -2.07. The minimum absolute atomic E-state index is 0. The van der Waals surface area contributed by atoms with E-state index >= 15 is 0 Å². The van der Waals surface area contributed by atoms with Crippen molar-refractivity contribution < 1.29 is 47.8 Å². The van der Waals surface area contributed by atoms with Gasteiger partial charge in [0.2, 0.25) is 0 Å². The molecule has 0 nitrogen and oxygen atoms in total. The van der Waals surface area contributed by atoms with Crippen molar-refractivity contribution in [2.45, 2.75) is 79.1 Å². The standard InChI is InChI=1S/2C9H15Si.C2H6Si.2ClH.Hf/c2*1-8-5-6-9(7-8)10(2,3)4;1-3-2;;;/h2*7H,5H2,1-4H3;1-2H3;2*1H;/q2*-1;;;;+2/p-2. The fourth-order valence-corrected chi connectivity index (χ4v) is 4.73. The summed E-state index contributed by atoms with van der Waals surface area (Å²) in [4.78, 5) is 0. The van der Waals surface area contributed by atoms with E-state index in [9.17, 15) is 0 Å². The van der Waals surface area contributed by atoms with E-state index in [1.165, 1.54) is 44.5 Å². The minimum atomic E-state index is -1.04. The molecule has 0 aliphatic heterocycles. The molecule has 0 radical (unpaired) electrons.